The summed E-state index contributed by atoms with van der Waals surface area (Å²) in [6, 6.07) is 12.7. The van der Waals surface area contributed by atoms with Gasteiger partial charge in [-0.2, -0.15) is 0 Å². The maximum Gasteiger partial charge on any atom is 0.252 e. The number of amides is 1. The zero-order valence-corrected chi connectivity index (χ0v) is 12.3. The van der Waals surface area contributed by atoms with Gasteiger partial charge in [0.05, 0.1) is 17.6 Å². The number of aromatic nitrogens is 1. The van der Waals surface area contributed by atoms with Gasteiger partial charge in [0.1, 0.15) is 0 Å². The minimum Gasteiger partial charge on any atom is -0.347 e. The fourth-order valence-corrected chi connectivity index (χ4v) is 2.92. The van der Waals surface area contributed by atoms with Crippen molar-refractivity contribution >= 4 is 28.1 Å². The molecule has 0 aliphatic carbocycles. The van der Waals surface area contributed by atoms with Crippen LogP contribution in [-0.2, 0) is 13.6 Å². The van der Waals surface area contributed by atoms with Crippen molar-refractivity contribution in [3.8, 4) is 0 Å². The van der Waals surface area contributed by atoms with E-state index < -0.39 is 0 Å². The first-order chi connectivity index (χ1) is 10.2. The van der Waals surface area contributed by atoms with Crippen molar-refractivity contribution in [3.63, 3.8) is 0 Å². The number of para-hydroxylation sites is 1. The maximum atomic E-state index is 12.4. The van der Waals surface area contributed by atoms with Crippen molar-refractivity contribution in [2.24, 2.45) is 7.05 Å². The number of nitrogens with one attached hydrogen (secondary N) is 1. The van der Waals surface area contributed by atoms with E-state index >= 15 is 0 Å². The molecule has 21 heavy (non-hydrogen) atoms. The van der Waals surface area contributed by atoms with Crippen LogP contribution >= 0.6 is 11.3 Å². The molecule has 0 saturated heterocycles. The van der Waals surface area contributed by atoms with Gasteiger partial charge >= 0.3 is 0 Å². The summed E-state index contributed by atoms with van der Waals surface area (Å²) in [5.41, 5.74) is 0.992. The summed E-state index contributed by atoms with van der Waals surface area (Å²) in [5, 5.41) is 5.61. The first-order valence-corrected chi connectivity index (χ1v) is 7.44. The molecule has 1 amide bonds. The highest BCUT2D eigenvalue weighted by molar-refractivity contribution is 7.09. The van der Waals surface area contributed by atoms with Gasteiger partial charge in [0.25, 0.3) is 11.5 Å². The number of benzene rings is 1. The molecule has 0 aliphatic heterocycles. The summed E-state index contributed by atoms with van der Waals surface area (Å²) >= 11 is 1.59. The summed E-state index contributed by atoms with van der Waals surface area (Å²) < 4.78 is 1.55. The molecule has 1 aromatic carbocycles. The number of hydrogen-bond acceptors (Lipinski definition) is 3. The molecule has 0 unspecified atom stereocenters. The van der Waals surface area contributed by atoms with E-state index in [1.807, 2.05) is 41.8 Å². The lowest BCUT2D eigenvalue weighted by molar-refractivity contribution is 0.0952. The zero-order chi connectivity index (χ0) is 14.8. The van der Waals surface area contributed by atoms with Crippen molar-refractivity contribution in [3.05, 3.63) is 68.6 Å². The largest absolute Gasteiger partial charge is 0.347 e. The van der Waals surface area contributed by atoms with Gasteiger partial charge < -0.3 is 9.88 Å². The number of carbonyl (C=O) groups excluding carboxylic acids is 1. The van der Waals surface area contributed by atoms with Crippen molar-refractivity contribution in [1.29, 1.82) is 0 Å². The third kappa shape index (κ3) is 2.60. The number of rotatable bonds is 3. The molecule has 0 saturated carbocycles. The smallest absolute Gasteiger partial charge is 0.252 e. The van der Waals surface area contributed by atoms with Crippen LogP contribution in [0.15, 0.2) is 52.6 Å². The van der Waals surface area contributed by atoms with Crippen LogP contribution in [0.2, 0.25) is 0 Å². The van der Waals surface area contributed by atoms with Crippen LogP contribution in [0.5, 0.6) is 0 Å². The third-order valence-electron chi connectivity index (χ3n) is 3.40. The predicted molar refractivity (Wildman–Crippen MR) is 84.7 cm³/mol. The fourth-order valence-electron chi connectivity index (χ4n) is 2.27. The van der Waals surface area contributed by atoms with Gasteiger partial charge in [-0.3, -0.25) is 9.59 Å². The molecule has 2 heterocycles. The number of fused-ring (bicyclic) bond motifs is 1. The molecule has 0 fully saturated rings. The molecular weight excluding hydrogens is 284 g/mol. The summed E-state index contributed by atoms with van der Waals surface area (Å²) in [7, 11) is 1.71. The van der Waals surface area contributed by atoms with Gasteiger partial charge in [0, 0.05) is 23.4 Å². The highest BCUT2D eigenvalue weighted by atomic mass is 32.1. The Morgan fingerprint density at radius 2 is 2.05 bits per heavy atom. The second kappa shape index (κ2) is 5.54. The molecule has 4 nitrogen and oxygen atoms in total. The summed E-state index contributed by atoms with van der Waals surface area (Å²) in [4.78, 5) is 25.4. The van der Waals surface area contributed by atoms with Gasteiger partial charge in [-0.1, -0.05) is 24.3 Å². The van der Waals surface area contributed by atoms with Crippen LogP contribution in [0.25, 0.3) is 10.9 Å². The quantitative estimate of drug-likeness (QED) is 0.808. The van der Waals surface area contributed by atoms with E-state index in [1.54, 1.807) is 23.0 Å². The minimum absolute atomic E-state index is 0.185. The lowest BCUT2D eigenvalue weighted by Crippen LogP contribution is -2.26. The van der Waals surface area contributed by atoms with Crippen molar-refractivity contribution in [2.45, 2.75) is 6.54 Å². The van der Waals surface area contributed by atoms with E-state index in [1.165, 1.54) is 6.07 Å². The van der Waals surface area contributed by atoms with E-state index in [9.17, 15) is 9.59 Å². The number of pyridine rings is 1. The SMILES string of the molecule is Cn1c(=O)cc(C(=O)NCc2cccs2)c2ccccc21. The average molecular weight is 298 g/mol. The molecule has 0 aliphatic rings. The van der Waals surface area contributed by atoms with Crippen LogP contribution < -0.4 is 10.9 Å². The third-order valence-corrected chi connectivity index (χ3v) is 4.28. The molecule has 0 spiro atoms. The van der Waals surface area contributed by atoms with Crippen LogP contribution in [0.3, 0.4) is 0 Å². The van der Waals surface area contributed by atoms with Crippen LogP contribution in [-0.4, -0.2) is 10.5 Å². The van der Waals surface area contributed by atoms with Crippen LogP contribution in [0, 0.1) is 0 Å². The lowest BCUT2D eigenvalue weighted by Gasteiger charge is -2.10. The van der Waals surface area contributed by atoms with E-state index in [-0.39, 0.29) is 11.5 Å². The molecule has 5 heteroatoms. The van der Waals surface area contributed by atoms with Crippen molar-refractivity contribution in [1.82, 2.24) is 9.88 Å². The number of nitrogens with zero attached hydrogens (tertiary/aromatic N) is 1. The topological polar surface area (TPSA) is 51.1 Å². The number of aryl methyl sites for hydroxylation is 1. The van der Waals surface area contributed by atoms with Crippen molar-refractivity contribution in [2.75, 3.05) is 0 Å². The molecule has 3 rings (SSSR count). The van der Waals surface area contributed by atoms with E-state index in [4.69, 9.17) is 0 Å². The standard InChI is InChI=1S/C16H14N2O2S/c1-18-14-7-3-2-6-12(14)13(9-15(18)19)16(20)17-10-11-5-4-8-21-11/h2-9H,10H2,1H3,(H,17,20). The Hall–Kier alpha value is -2.40. The maximum absolute atomic E-state index is 12.4. The Labute approximate surface area is 125 Å². The number of hydrogen-bond donors (Lipinski definition) is 1. The fraction of sp³-hybridized carbons (Fsp3) is 0.125. The summed E-state index contributed by atoms with van der Waals surface area (Å²) in [6.07, 6.45) is 0. The van der Waals surface area contributed by atoms with E-state index in [0.29, 0.717) is 12.1 Å². The van der Waals surface area contributed by atoms with Gasteiger partial charge in [-0.25, -0.2) is 0 Å². The number of carbonyl (C=O) groups is 1. The molecule has 1 N–H and O–H groups in total. The normalized spacial score (nSPS) is 10.7. The molecule has 106 valence electrons. The van der Waals surface area contributed by atoms with Gasteiger partial charge in [-0.15, -0.1) is 11.3 Å². The highest BCUT2D eigenvalue weighted by Crippen LogP contribution is 2.16. The Morgan fingerprint density at radius 1 is 1.24 bits per heavy atom. The van der Waals surface area contributed by atoms with Crippen molar-refractivity contribution < 1.29 is 4.79 Å². The van der Waals surface area contributed by atoms with E-state index in [0.717, 1.165) is 15.8 Å². The van der Waals surface area contributed by atoms with Crippen LogP contribution in [0.1, 0.15) is 15.2 Å². The Kier molecular flexibility index (Phi) is 3.58. The molecule has 0 radical (unpaired) electrons. The predicted octanol–water partition coefficient (Wildman–Crippen LogP) is 2.53. The first-order valence-electron chi connectivity index (χ1n) is 6.56. The minimum atomic E-state index is -0.225. The first kappa shape index (κ1) is 13.6. The number of thiophene rings is 1. The average Bonchev–Trinajstić information content (AvgIpc) is 3.02. The molecule has 2 aromatic heterocycles. The second-order valence-corrected chi connectivity index (χ2v) is 5.77. The molecule has 3 aromatic rings. The Balaban J connectivity index is 1.98. The Morgan fingerprint density at radius 3 is 2.81 bits per heavy atom. The van der Waals surface area contributed by atoms with Gasteiger partial charge in [0.15, 0.2) is 0 Å². The van der Waals surface area contributed by atoms with Crippen LogP contribution in [0.4, 0.5) is 0 Å². The zero-order valence-electron chi connectivity index (χ0n) is 11.5. The second-order valence-electron chi connectivity index (χ2n) is 4.73. The molecular formula is C16H14N2O2S. The molecule has 0 bridgehead atoms. The molecule has 0 atom stereocenters. The summed E-state index contributed by atoms with van der Waals surface area (Å²) in [5.74, 6) is -0.225. The Bertz CT molecular complexity index is 850. The highest BCUT2D eigenvalue weighted by Gasteiger charge is 2.13. The van der Waals surface area contributed by atoms with Gasteiger partial charge in [-0.05, 0) is 17.5 Å². The monoisotopic (exact) mass is 298 g/mol. The lowest BCUT2D eigenvalue weighted by atomic mass is 10.1. The summed E-state index contributed by atoms with van der Waals surface area (Å²) in [6.45, 7) is 0.472. The van der Waals surface area contributed by atoms with Gasteiger partial charge in [0.2, 0.25) is 0 Å². The van der Waals surface area contributed by atoms with E-state index in [2.05, 4.69) is 5.32 Å².